The monoisotopic (exact) mass is 656 g/mol. The van der Waals surface area contributed by atoms with Crippen LogP contribution in [0.5, 0.6) is 5.75 Å². The van der Waals surface area contributed by atoms with E-state index in [-0.39, 0.29) is 29.7 Å². The number of anilines is 1. The van der Waals surface area contributed by atoms with Gasteiger partial charge in [-0.05, 0) is 74.4 Å². The van der Waals surface area contributed by atoms with Crippen LogP contribution in [0.25, 0.3) is 0 Å². The van der Waals surface area contributed by atoms with E-state index in [1.54, 1.807) is 13.8 Å². The van der Waals surface area contributed by atoms with E-state index >= 15 is 0 Å². The Bertz CT molecular complexity index is 1390. The third-order valence-electron chi connectivity index (χ3n) is 7.36. The van der Waals surface area contributed by atoms with Crippen LogP contribution in [0.4, 0.5) is 54.8 Å². The van der Waals surface area contributed by atoms with Crippen molar-refractivity contribution in [2.45, 2.75) is 76.2 Å². The smallest absolute Gasteiger partial charge is 0.419 e. The van der Waals surface area contributed by atoms with Gasteiger partial charge in [-0.1, -0.05) is 0 Å². The predicted molar refractivity (Wildman–Crippen MR) is 141 cm³/mol. The first-order chi connectivity index (χ1) is 20.8. The number of carbonyl (C=O) groups excluding carboxylic acids is 2. The van der Waals surface area contributed by atoms with Crippen molar-refractivity contribution >= 4 is 17.9 Å². The van der Waals surface area contributed by atoms with Crippen LogP contribution in [0.3, 0.4) is 0 Å². The molecule has 1 saturated carbocycles. The van der Waals surface area contributed by atoms with Gasteiger partial charge in [0, 0.05) is 18.5 Å². The first kappa shape index (κ1) is 34.0. The molecule has 2 atom stereocenters. The molecule has 1 heterocycles. The molecule has 4 rings (SSSR count). The summed E-state index contributed by atoms with van der Waals surface area (Å²) in [5, 5.41) is 2.45. The lowest BCUT2D eigenvalue weighted by molar-refractivity contribution is -0.143. The summed E-state index contributed by atoms with van der Waals surface area (Å²) in [7, 11) is 1.03. The van der Waals surface area contributed by atoms with E-state index < -0.39 is 89.9 Å². The van der Waals surface area contributed by atoms with E-state index in [2.05, 4.69) is 5.32 Å². The van der Waals surface area contributed by atoms with E-state index in [1.807, 2.05) is 0 Å². The van der Waals surface area contributed by atoms with Crippen molar-refractivity contribution in [3.63, 3.8) is 0 Å². The maximum absolute atomic E-state index is 13.9. The van der Waals surface area contributed by atoms with Crippen LogP contribution in [0.1, 0.15) is 67.0 Å². The Balaban J connectivity index is 1.60. The van der Waals surface area contributed by atoms with Crippen LogP contribution in [0.2, 0.25) is 0 Å². The molecule has 1 N–H and O–H groups in total. The molecular formula is C29H29F9N2O5. The molecule has 2 aromatic carbocycles. The van der Waals surface area contributed by atoms with Gasteiger partial charge in [0.15, 0.2) is 0 Å². The number of halogens is 9. The van der Waals surface area contributed by atoms with E-state index in [0.717, 1.165) is 19.2 Å². The number of rotatable bonds is 7. The van der Waals surface area contributed by atoms with Gasteiger partial charge in [-0.2, -0.15) is 39.5 Å². The summed E-state index contributed by atoms with van der Waals surface area (Å²) < 4.78 is 136. The molecule has 16 heteroatoms. The maximum atomic E-state index is 13.9. The number of nitrogens with one attached hydrogen (secondary N) is 1. The number of nitrogens with zero attached hydrogens (tertiary/aromatic N) is 1. The maximum Gasteiger partial charge on any atom is 0.419 e. The van der Waals surface area contributed by atoms with Crippen molar-refractivity contribution in [1.29, 1.82) is 0 Å². The molecule has 2 aliphatic rings. The number of carbonyl (C=O) groups is 2. The first-order valence-corrected chi connectivity index (χ1v) is 13.8. The fourth-order valence-electron chi connectivity index (χ4n) is 5.24. The average Bonchev–Trinajstić information content (AvgIpc) is 3.75. The van der Waals surface area contributed by atoms with E-state index in [1.165, 1.54) is 4.90 Å². The summed E-state index contributed by atoms with van der Waals surface area (Å²) in [6.45, 7) is 2.57. The minimum atomic E-state index is -5.06. The highest BCUT2D eigenvalue weighted by Crippen LogP contribution is 2.50. The Morgan fingerprint density at radius 2 is 1.51 bits per heavy atom. The molecule has 248 valence electrons. The number of fused-ring (bicyclic) bond motifs is 1. The van der Waals surface area contributed by atoms with Gasteiger partial charge in [0.1, 0.15) is 5.75 Å². The second kappa shape index (κ2) is 12.5. The molecular weight excluding hydrogens is 627 g/mol. The van der Waals surface area contributed by atoms with Crippen molar-refractivity contribution in [2.75, 3.05) is 18.6 Å². The molecule has 0 aromatic heterocycles. The van der Waals surface area contributed by atoms with Crippen LogP contribution in [-0.2, 0) is 34.4 Å². The lowest BCUT2D eigenvalue weighted by atomic mass is 9.87. The number of benzene rings is 2. The molecule has 2 aromatic rings. The lowest BCUT2D eigenvalue weighted by Gasteiger charge is -2.41. The Kier molecular flexibility index (Phi) is 9.46. The van der Waals surface area contributed by atoms with Crippen LogP contribution < -0.4 is 15.0 Å². The number of methoxy groups -OCH3 is 1. The number of ether oxygens (including phenoxy) is 3. The highest BCUT2D eigenvalue weighted by molar-refractivity contribution is 5.91. The highest BCUT2D eigenvalue weighted by atomic mass is 19.4. The quantitative estimate of drug-likeness (QED) is 0.304. The molecule has 45 heavy (non-hydrogen) atoms. The Hall–Kier alpha value is -3.85. The number of amides is 2. The van der Waals surface area contributed by atoms with E-state index in [4.69, 9.17) is 14.2 Å². The Morgan fingerprint density at radius 3 is 2.00 bits per heavy atom. The van der Waals surface area contributed by atoms with Crippen LogP contribution >= 0.6 is 0 Å². The van der Waals surface area contributed by atoms with Gasteiger partial charge in [-0.25, -0.2) is 9.59 Å². The zero-order chi connectivity index (χ0) is 33.5. The lowest BCUT2D eigenvalue weighted by Crippen LogP contribution is -2.49. The first-order valence-electron chi connectivity index (χ1n) is 13.8. The fourth-order valence-corrected chi connectivity index (χ4v) is 5.24. The van der Waals surface area contributed by atoms with Gasteiger partial charge in [-0.3, -0.25) is 4.90 Å². The van der Waals surface area contributed by atoms with Gasteiger partial charge < -0.3 is 19.5 Å². The van der Waals surface area contributed by atoms with Crippen molar-refractivity contribution in [3.05, 3.63) is 58.1 Å². The molecule has 1 aliphatic carbocycles. The number of alkyl halides is 9. The molecule has 0 saturated heterocycles. The molecule has 2 unspecified atom stereocenters. The summed E-state index contributed by atoms with van der Waals surface area (Å²) in [6, 6.07) is 1.08. The van der Waals surface area contributed by atoms with Gasteiger partial charge in [0.25, 0.3) is 0 Å². The predicted octanol–water partition coefficient (Wildman–Crippen LogP) is 8.30. The summed E-state index contributed by atoms with van der Waals surface area (Å²) >= 11 is 0. The number of alkyl carbamates (subject to hydrolysis) is 1. The summed E-state index contributed by atoms with van der Waals surface area (Å²) in [5.74, 6) is -0.615. The molecule has 0 radical (unpaired) electrons. The number of hydrogen-bond acceptors (Lipinski definition) is 5. The molecule has 1 fully saturated rings. The molecule has 0 bridgehead atoms. The van der Waals surface area contributed by atoms with E-state index in [9.17, 15) is 49.1 Å². The van der Waals surface area contributed by atoms with E-state index in [0.29, 0.717) is 25.0 Å². The number of hydrogen-bond donors (Lipinski definition) is 1. The third-order valence-corrected chi connectivity index (χ3v) is 7.36. The summed E-state index contributed by atoms with van der Waals surface area (Å²) in [6.07, 6.45) is -16.6. The minimum Gasteiger partial charge on any atom is -0.496 e. The molecule has 7 nitrogen and oxygen atoms in total. The topological polar surface area (TPSA) is 77.1 Å². The zero-order valence-electron chi connectivity index (χ0n) is 24.1. The second-order valence-electron chi connectivity index (χ2n) is 11.0. The van der Waals surface area contributed by atoms with Crippen LogP contribution in [0, 0.1) is 5.92 Å². The van der Waals surface area contributed by atoms with Gasteiger partial charge in [-0.15, -0.1) is 0 Å². The standard InChI is InChI=1S/C29H29F9N2O5/c1-14(2)45-26(42)40-22(16-4-5-16)12-21(19-11-20(29(36,37)38)24(43-3)13-23(19)40)39-25(41)44-7-6-15-8-17(27(30,31)32)10-18(9-15)28(33,34)35/h8-11,13-14,16,21-22H,4-7,12H2,1-3H3,(H,39,41). The van der Waals surface area contributed by atoms with Crippen molar-refractivity contribution in [3.8, 4) is 5.75 Å². The third kappa shape index (κ3) is 8.06. The van der Waals surface area contributed by atoms with Crippen molar-refractivity contribution in [2.24, 2.45) is 5.92 Å². The van der Waals surface area contributed by atoms with Gasteiger partial charge in [0.2, 0.25) is 0 Å². The largest absolute Gasteiger partial charge is 0.496 e. The normalized spacial score (nSPS) is 18.8. The SMILES string of the molecule is COc1cc2c(cc1C(F)(F)F)C(NC(=O)OCCc1cc(C(F)(F)F)cc(C(F)(F)F)c1)CC(C1CC1)N2C(=O)OC(C)C. The average molecular weight is 657 g/mol. The highest BCUT2D eigenvalue weighted by Gasteiger charge is 2.47. The zero-order valence-corrected chi connectivity index (χ0v) is 24.1. The molecule has 2 amide bonds. The van der Waals surface area contributed by atoms with Gasteiger partial charge >= 0.3 is 30.7 Å². The molecule has 0 spiro atoms. The van der Waals surface area contributed by atoms with Gasteiger partial charge in [0.05, 0.1) is 48.2 Å². The van der Waals surface area contributed by atoms with Crippen molar-refractivity contribution < 1.29 is 63.3 Å². The van der Waals surface area contributed by atoms with Crippen molar-refractivity contribution in [1.82, 2.24) is 5.32 Å². The summed E-state index contributed by atoms with van der Waals surface area (Å²) in [4.78, 5) is 27.2. The molecule has 1 aliphatic heterocycles. The van der Waals surface area contributed by atoms with Crippen LogP contribution in [-0.4, -0.2) is 38.0 Å². The Morgan fingerprint density at radius 1 is 0.911 bits per heavy atom. The van der Waals surface area contributed by atoms with Crippen LogP contribution in [0.15, 0.2) is 30.3 Å². The summed E-state index contributed by atoms with van der Waals surface area (Å²) in [5.41, 5.74) is -4.71. The Labute approximate surface area is 251 Å². The fraction of sp³-hybridized carbons (Fsp3) is 0.517. The second-order valence-corrected chi connectivity index (χ2v) is 11.0. The minimum absolute atomic E-state index is 0.0163.